The molecule has 21 heavy (non-hydrogen) atoms. The molecule has 2 rings (SSSR count). The summed E-state index contributed by atoms with van der Waals surface area (Å²) in [5.41, 5.74) is 5.44. The smallest absolute Gasteiger partial charge is 0.128 e. The van der Waals surface area contributed by atoms with E-state index < -0.39 is 0 Å². The molecule has 1 aromatic carbocycles. The van der Waals surface area contributed by atoms with Crippen LogP contribution in [-0.2, 0) is 6.54 Å². The van der Waals surface area contributed by atoms with E-state index in [1.54, 1.807) is 7.11 Å². The summed E-state index contributed by atoms with van der Waals surface area (Å²) in [5.74, 6) is 0.921. The van der Waals surface area contributed by atoms with Crippen LogP contribution in [0.1, 0.15) is 16.8 Å². The lowest BCUT2D eigenvalue weighted by Crippen LogP contribution is -2.09. The molecule has 0 atom stereocenters. The number of aromatic nitrogens is 1. The zero-order valence-corrected chi connectivity index (χ0v) is 13.4. The van der Waals surface area contributed by atoms with Gasteiger partial charge in [-0.25, -0.2) is 0 Å². The first kappa shape index (κ1) is 15.2. The van der Waals surface area contributed by atoms with Crippen LogP contribution in [0, 0.1) is 13.8 Å². The second-order valence-electron chi connectivity index (χ2n) is 5.34. The van der Waals surface area contributed by atoms with E-state index in [0.717, 1.165) is 28.3 Å². The van der Waals surface area contributed by atoms with Crippen LogP contribution in [0.4, 0.5) is 11.4 Å². The Morgan fingerprint density at radius 2 is 1.81 bits per heavy atom. The number of benzene rings is 1. The highest BCUT2D eigenvalue weighted by atomic mass is 16.5. The van der Waals surface area contributed by atoms with Crippen LogP contribution in [0.25, 0.3) is 0 Å². The van der Waals surface area contributed by atoms with Gasteiger partial charge in [0, 0.05) is 42.8 Å². The molecule has 0 saturated carbocycles. The van der Waals surface area contributed by atoms with Gasteiger partial charge in [-0.2, -0.15) is 0 Å². The number of aryl methyl sites for hydroxylation is 1. The van der Waals surface area contributed by atoms with Crippen molar-refractivity contribution in [2.45, 2.75) is 20.4 Å². The molecule has 1 N–H and O–H groups in total. The van der Waals surface area contributed by atoms with Crippen LogP contribution < -0.4 is 15.0 Å². The second kappa shape index (κ2) is 6.48. The molecule has 2 aromatic rings. The summed E-state index contributed by atoms with van der Waals surface area (Å²) in [6, 6.07) is 8.35. The molecule has 0 saturated heterocycles. The second-order valence-corrected chi connectivity index (χ2v) is 5.34. The Balaban J connectivity index is 2.09. The van der Waals surface area contributed by atoms with Crippen molar-refractivity contribution in [3.8, 4) is 5.75 Å². The van der Waals surface area contributed by atoms with Gasteiger partial charge in [-0.1, -0.05) is 0 Å². The average Bonchev–Trinajstić information content (AvgIpc) is 2.47. The minimum atomic E-state index is 0.684. The first-order valence-electron chi connectivity index (χ1n) is 7.03. The molecular formula is C17H23N3O. The van der Waals surface area contributed by atoms with Gasteiger partial charge in [-0.05, 0) is 38.1 Å². The summed E-state index contributed by atoms with van der Waals surface area (Å²) in [5, 5.41) is 3.40. The van der Waals surface area contributed by atoms with E-state index in [0.29, 0.717) is 6.54 Å². The molecule has 0 bridgehead atoms. The van der Waals surface area contributed by atoms with Crippen LogP contribution in [0.15, 0.2) is 30.5 Å². The number of rotatable bonds is 5. The van der Waals surface area contributed by atoms with Gasteiger partial charge in [-0.15, -0.1) is 0 Å². The SMILES string of the molecule is COc1c(C)cnc(CNc2ccc(N(C)C)cc2)c1C. The Labute approximate surface area is 126 Å². The molecule has 0 spiro atoms. The fourth-order valence-corrected chi connectivity index (χ4v) is 2.31. The number of nitrogens with one attached hydrogen (secondary N) is 1. The predicted molar refractivity (Wildman–Crippen MR) is 88.4 cm³/mol. The van der Waals surface area contributed by atoms with Crippen LogP contribution in [0.2, 0.25) is 0 Å². The molecule has 0 amide bonds. The standard InChI is InChI=1S/C17H23N3O/c1-12-10-19-16(13(2)17(12)21-5)11-18-14-6-8-15(9-7-14)20(3)4/h6-10,18H,11H2,1-5H3. The molecule has 0 aliphatic heterocycles. The lowest BCUT2D eigenvalue weighted by molar-refractivity contribution is 0.407. The van der Waals surface area contributed by atoms with Crippen molar-refractivity contribution in [2.75, 3.05) is 31.4 Å². The minimum Gasteiger partial charge on any atom is -0.496 e. The largest absolute Gasteiger partial charge is 0.496 e. The van der Waals surface area contributed by atoms with Crippen LogP contribution in [0.5, 0.6) is 5.75 Å². The van der Waals surface area contributed by atoms with Crippen molar-refractivity contribution in [1.29, 1.82) is 0 Å². The van der Waals surface area contributed by atoms with E-state index >= 15 is 0 Å². The first-order chi connectivity index (χ1) is 10.0. The van der Waals surface area contributed by atoms with Gasteiger partial charge in [0.25, 0.3) is 0 Å². The molecule has 112 valence electrons. The van der Waals surface area contributed by atoms with Crippen molar-refractivity contribution < 1.29 is 4.74 Å². The molecule has 4 heteroatoms. The molecule has 0 aliphatic carbocycles. The van der Waals surface area contributed by atoms with Gasteiger partial charge in [0.2, 0.25) is 0 Å². The van der Waals surface area contributed by atoms with Gasteiger partial charge in [0.05, 0.1) is 19.3 Å². The Morgan fingerprint density at radius 3 is 2.38 bits per heavy atom. The lowest BCUT2D eigenvalue weighted by atomic mass is 10.1. The van der Waals surface area contributed by atoms with Crippen molar-refractivity contribution in [2.24, 2.45) is 0 Å². The number of nitrogens with zero attached hydrogens (tertiary/aromatic N) is 2. The van der Waals surface area contributed by atoms with Gasteiger partial charge in [-0.3, -0.25) is 4.98 Å². The van der Waals surface area contributed by atoms with E-state index in [1.165, 1.54) is 5.69 Å². The first-order valence-corrected chi connectivity index (χ1v) is 7.03. The molecule has 0 aliphatic rings. The van der Waals surface area contributed by atoms with Gasteiger partial charge in [0.15, 0.2) is 0 Å². The van der Waals surface area contributed by atoms with E-state index in [4.69, 9.17) is 4.74 Å². The van der Waals surface area contributed by atoms with E-state index in [9.17, 15) is 0 Å². The fraction of sp³-hybridized carbons (Fsp3) is 0.353. The normalized spacial score (nSPS) is 10.3. The monoisotopic (exact) mass is 285 g/mol. The number of pyridine rings is 1. The van der Waals surface area contributed by atoms with E-state index in [2.05, 4.69) is 39.5 Å². The van der Waals surface area contributed by atoms with Crippen molar-refractivity contribution >= 4 is 11.4 Å². The number of hydrogen-bond acceptors (Lipinski definition) is 4. The third-order valence-corrected chi connectivity index (χ3v) is 3.59. The number of anilines is 2. The Kier molecular flexibility index (Phi) is 4.68. The summed E-state index contributed by atoms with van der Waals surface area (Å²) >= 11 is 0. The van der Waals surface area contributed by atoms with E-state index in [1.807, 2.05) is 34.1 Å². The Hall–Kier alpha value is -2.23. The van der Waals surface area contributed by atoms with E-state index in [-0.39, 0.29) is 0 Å². The maximum absolute atomic E-state index is 5.44. The summed E-state index contributed by atoms with van der Waals surface area (Å²) in [7, 11) is 5.77. The highest BCUT2D eigenvalue weighted by Gasteiger charge is 2.09. The maximum Gasteiger partial charge on any atom is 0.128 e. The van der Waals surface area contributed by atoms with Crippen LogP contribution in [-0.4, -0.2) is 26.2 Å². The van der Waals surface area contributed by atoms with Crippen molar-refractivity contribution in [3.63, 3.8) is 0 Å². The molecule has 0 radical (unpaired) electrons. The van der Waals surface area contributed by atoms with Crippen molar-refractivity contribution in [1.82, 2.24) is 4.98 Å². The molecule has 0 fully saturated rings. The van der Waals surface area contributed by atoms with Gasteiger partial charge in [0.1, 0.15) is 5.75 Å². The summed E-state index contributed by atoms with van der Waals surface area (Å²) in [6.45, 7) is 4.74. The summed E-state index contributed by atoms with van der Waals surface area (Å²) in [6.07, 6.45) is 1.86. The summed E-state index contributed by atoms with van der Waals surface area (Å²) in [4.78, 5) is 6.58. The van der Waals surface area contributed by atoms with Crippen LogP contribution >= 0.6 is 0 Å². The maximum atomic E-state index is 5.44. The average molecular weight is 285 g/mol. The number of hydrogen-bond donors (Lipinski definition) is 1. The number of methoxy groups -OCH3 is 1. The molecule has 1 heterocycles. The molecule has 4 nitrogen and oxygen atoms in total. The Bertz CT molecular complexity index is 606. The van der Waals surface area contributed by atoms with Crippen molar-refractivity contribution in [3.05, 3.63) is 47.3 Å². The third kappa shape index (κ3) is 3.45. The highest BCUT2D eigenvalue weighted by molar-refractivity contribution is 5.54. The Morgan fingerprint density at radius 1 is 1.14 bits per heavy atom. The fourth-order valence-electron chi connectivity index (χ4n) is 2.31. The van der Waals surface area contributed by atoms with Gasteiger partial charge < -0.3 is 15.0 Å². The predicted octanol–water partition coefficient (Wildman–Crippen LogP) is 3.39. The molecule has 1 aromatic heterocycles. The quantitative estimate of drug-likeness (QED) is 0.914. The zero-order chi connectivity index (χ0) is 15.4. The minimum absolute atomic E-state index is 0.684. The third-order valence-electron chi connectivity index (χ3n) is 3.59. The number of ether oxygens (including phenoxy) is 1. The topological polar surface area (TPSA) is 37.4 Å². The highest BCUT2D eigenvalue weighted by Crippen LogP contribution is 2.24. The lowest BCUT2D eigenvalue weighted by Gasteiger charge is -2.15. The molecular weight excluding hydrogens is 262 g/mol. The zero-order valence-electron chi connectivity index (χ0n) is 13.4. The molecule has 0 unspecified atom stereocenters. The van der Waals surface area contributed by atoms with Gasteiger partial charge >= 0.3 is 0 Å². The van der Waals surface area contributed by atoms with Crippen LogP contribution in [0.3, 0.4) is 0 Å². The summed E-state index contributed by atoms with van der Waals surface area (Å²) < 4.78 is 5.44.